The number of carboxylic acid groups (broad SMARTS) is 1. The Morgan fingerprint density at radius 1 is 0.673 bits per heavy atom. The number of H-pyrrole nitrogens is 2. The molecule has 2 aromatic heterocycles. The fourth-order valence-corrected chi connectivity index (χ4v) is 6.95. The minimum Gasteiger partial charge on any atom is -0.477 e. The number of benzene rings is 4. The van der Waals surface area contributed by atoms with Crippen molar-refractivity contribution in [1.29, 1.82) is 0 Å². The Hall–Kier alpha value is -5.76. The van der Waals surface area contributed by atoms with Crippen LogP contribution in [0.25, 0.3) is 21.8 Å². The zero-order valence-corrected chi connectivity index (χ0v) is 30.1. The summed E-state index contributed by atoms with van der Waals surface area (Å²) < 4.78 is 37.9. The van der Waals surface area contributed by atoms with Gasteiger partial charge >= 0.3 is 5.97 Å². The average molecular weight is 752 g/mol. The maximum Gasteiger partial charge on any atom is 0.352 e. The SMILES string of the molecule is O=C(NC1CCN(CCN2CCC(O)CC2)CC1)c1cc2c(Oc3cccc(F)c3)cccc2[nH]1.O=C(O)c1cc2c(Oc3ccc(F)cc3)cccc2[nH]1. The molecule has 5 N–H and O–H groups in total. The van der Waals surface area contributed by atoms with E-state index in [0.29, 0.717) is 39.6 Å². The van der Waals surface area contributed by atoms with Gasteiger partial charge in [0.15, 0.2) is 0 Å². The molecule has 0 unspecified atom stereocenters. The van der Waals surface area contributed by atoms with Crippen LogP contribution in [0.1, 0.15) is 46.7 Å². The zero-order valence-electron chi connectivity index (χ0n) is 30.1. The third-order valence-electron chi connectivity index (χ3n) is 10.0. The number of aromatic nitrogens is 2. The first-order valence-corrected chi connectivity index (χ1v) is 18.4. The quantitative estimate of drug-likeness (QED) is 0.0967. The molecular formula is C42H43F2N5O6. The van der Waals surface area contributed by atoms with E-state index in [-0.39, 0.29) is 35.4 Å². The highest BCUT2D eigenvalue weighted by atomic mass is 19.1. The van der Waals surface area contributed by atoms with Crippen LogP contribution in [0.3, 0.4) is 0 Å². The molecule has 4 heterocycles. The van der Waals surface area contributed by atoms with Crippen molar-refractivity contribution in [3.05, 3.63) is 120 Å². The van der Waals surface area contributed by atoms with Crippen molar-refractivity contribution < 1.29 is 38.1 Å². The van der Waals surface area contributed by atoms with Crippen LogP contribution in [0, 0.1) is 11.6 Å². The van der Waals surface area contributed by atoms with E-state index >= 15 is 0 Å². The van der Waals surface area contributed by atoms with Crippen LogP contribution in [-0.4, -0.2) is 93.3 Å². The highest BCUT2D eigenvalue weighted by molar-refractivity contribution is 6.00. The fourth-order valence-electron chi connectivity index (χ4n) is 6.95. The lowest BCUT2D eigenvalue weighted by molar-refractivity contribution is 0.0691. The standard InChI is InChI=1S/C27H33FN4O3.C15H10FNO3/c28-19-3-1-4-22(17-19)35-26-6-2-5-24-23(26)18-25(30-24)27(34)29-20-7-11-31(12-8-20)15-16-32-13-9-21(33)10-14-32;16-9-4-6-10(7-5-9)20-14-3-1-2-12-11(14)8-13(17-12)15(18)19/h1-6,17-18,20-21,30,33H,7-16H2,(H,29,34);1-8,17H,(H,18,19). The van der Waals surface area contributed by atoms with Crippen LogP contribution in [-0.2, 0) is 0 Å². The Labute approximate surface area is 316 Å². The van der Waals surface area contributed by atoms with Gasteiger partial charge in [0.2, 0.25) is 0 Å². The summed E-state index contributed by atoms with van der Waals surface area (Å²) in [6.07, 6.45) is 3.48. The summed E-state index contributed by atoms with van der Waals surface area (Å²) in [5.41, 5.74) is 2.05. The smallest absolute Gasteiger partial charge is 0.352 e. The summed E-state index contributed by atoms with van der Waals surface area (Å²) in [5, 5.41) is 23.3. The number of aliphatic hydroxyl groups is 1. The number of carbonyl (C=O) groups is 2. The molecule has 286 valence electrons. The monoisotopic (exact) mass is 751 g/mol. The van der Waals surface area contributed by atoms with E-state index in [1.807, 2.05) is 18.2 Å². The fraction of sp³-hybridized carbons (Fsp3) is 0.286. The van der Waals surface area contributed by atoms with Gasteiger partial charge in [-0.05, 0) is 98.5 Å². The molecule has 8 rings (SSSR count). The summed E-state index contributed by atoms with van der Waals surface area (Å²) in [5.74, 6) is 0.118. The number of hydrogen-bond acceptors (Lipinski definition) is 7. The van der Waals surface area contributed by atoms with E-state index in [4.69, 9.17) is 14.6 Å². The number of nitrogens with one attached hydrogen (secondary N) is 3. The number of hydrogen-bond donors (Lipinski definition) is 5. The Balaban J connectivity index is 0.000000197. The summed E-state index contributed by atoms with van der Waals surface area (Å²) >= 11 is 0. The minimum atomic E-state index is -1.03. The van der Waals surface area contributed by atoms with Crippen molar-refractivity contribution in [2.24, 2.45) is 0 Å². The van der Waals surface area contributed by atoms with Gasteiger partial charge in [0, 0.05) is 73.2 Å². The summed E-state index contributed by atoms with van der Waals surface area (Å²) in [6.45, 7) is 5.98. The lowest BCUT2D eigenvalue weighted by Crippen LogP contribution is -2.47. The van der Waals surface area contributed by atoms with Crippen molar-refractivity contribution >= 4 is 33.7 Å². The second-order valence-electron chi connectivity index (χ2n) is 13.9. The Kier molecular flexibility index (Phi) is 11.7. The average Bonchev–Trinajstić information content (AvgIpc) is 3.83. The van der Waals surface area contributed by atoms with Crippen LogP contribution in [0.15, 0.2) is 97.1 Å². The van der Waals surface area contributed by atoms with E-state index in [1.54, 1.807) is 36.4 Å². The number of nitrogens with zero attached hydrogens (tertiary/aromatic N) is 2. The number of ether oxygens (including phenoxy) is 2. The molecule has 2 aliphatic rings. The number of carbonyl (C=O) groups excluding carboxylic acids is 1. The van der Waals surface area contributed by atoms with Gasteiger partial charge in [0.05, 0.1) is 6.10 Å². The van der Waals surface area contributed by atoms with Gasteiger partial charge in [-0.15, -0.1) is 0 Å². The highest BCUT2D eigenvalue weighted by Gasteiger charge is 2.24. The van der Waals surface area contributed by atoms with Crippen LogP contribution in [0.4, 0.5) is 8.78 Å². The Bertz CT molecular complexity index is 2240. The lowest BCUT2D eigenvalue weighted by Gasteiger charge is -2.35. The molecule has 0 bridgehead atoms. The van der Waals surface area contributed by atoms with Gasteiger partial charge in [0.25, 0.3) is 5.91 Å². The zero-order chi connectivity index (χ0) is 38.3. The first kappa shape index (κ1) is 37.6. The van der Waals surface area contributed by atoms with Gasteiger partial charge in [-0.2, -0.15) is 0 Å². The Morgan fingerprint density at radius 3 is 1.82 bits per heavy atom. The number of aromatic amines is 2. The van der Waals surface area contributed by atoms with E-state index in [2.05, 4.69) is 25.1 Å². The van der Waals surface area contributed by atoms with Crippen LogP contribution in [0.5, 0.6) is 23.0 Å². The number of aliphatic hydroxyl groups excluding tert-OH is 1. The largest absolute Gasteiger partial charge is 0.477 e. The van der Waals surface area contributed by atoms with Crippen LogP contribution in [0.2, 0.25) is 0 Å². The minimum absolute atomic E-state index is 0.0927. The van der Waals surface area contributed by atoms with Crippen molar-refractivity contribution in [3.8, 4) is 23.0 Å². The second-order valence-corrected chi connectivity index (χ2v) is 13.9. The van der Waals surface area contributed by atoms with Crippen molar-refractivity contribution in [2.45, 2.75) is 37.8 Å². The highest BCUT2D eigenvalue weighted by Crippen LogP contribution is 2.32. The van der Waals surface area contributed by atoms with Gasteiger partial charge in [-0.25, -0.2) is 13.6 Å². The summed E-state index contributed by atoms with van der Waals surface area (Å²) in [7, 11) is 0. The normalized spacial score (nSPS) is 15.8. The number of fused-ring (bicyclic) bond motifs is 2. The number of halogens is 2. The number of piperidine rings is 2. The molecule has 0 atom stereocenters. The number of amides is 1. The van der Waals surface area contributed by atoms with E-state index in [1.165, 1.54) is 42.5 Å². The molecule has 55 heavy (non-hydrogen) atoms. The number of likely N-dealkylation sites (tertiary alicyclic amines) is 2. The lowest BCUT2D eigenvalue weighted by atomic mass is 10.0. The van der Waals surface area contributed by atoms with Gasteiger partial charge in [-0.3, -0.25) is 4.79 Å². The molecule has 1 amide bonds. The molecular weight excluding hydrogens is 708 g/mol. The number of rotatable bonds is 10. The first-order chi connectivity index (χ1) is 26.7. The summed E-state index contributed by atoms with van der Waals surface area (Å²) in [6, 6.07) is 25.9. The third kappa shape index (κ3) is 9.68. The third-order valence-corrected chi connectivity index (χ3v) is 10.0. The molecule has 4 aromatic carbocycles. The molecule has 0 aliphatic carbocycles. The Morgan fingerprint density at radius 2 is 1.22 bits per heavy atom. The van der Waals surface area contributed by atoms with Gasteiger partial charge in [0.1, 0.15) is 46.0 Å². The predicted octanol–water partition coefficient (Wildman–Crippen LogP) is 7.55. The molecule has 2 fully saturated rings. The molecule has 11 nitrogen and oxygen atoms in total. The summed E-state index contributed by atoms with van der Waals surface area (Å²) in [4.78, 5) is 34.8. The topological polar surface area (TPSA) is 143 Å². The molecule has 0 saturated carbocycles. The molecule has 0 spiro atoms. The maximum absolute atomic E-state index is 13.5. The molecule has 2 saturated heterocycles. The van der Waals surface area contributed by atoms with Crippen LogP contribution < -0.4 is 14.8 Å². The molecule has 0 radical (unpaired) electrons. The molecule has 6 aromatic rings. The van der Waals surface area contributed by atoms with Crippen molar-refractivity contribution in [1.82, 2.24) is 25.1 Å². The maximum atomic E-state index is 13.5. The molecule has 13 heteroatoms. The van der Waals surface area contributed by atoms with Gasteiger partial charge < -0.3 is 44.8 Å². The second kappa shape index (κ2) is 17.1. The van der Waals surface area contributed by atoms with Crippen molar-refractivity contribution in [2.75, 3.05) is 39.3 Å². The van der Waals surface area contributed by atoms with E-state index in [9.17, 15) is 23.5 Å². The van der Waals surface area contributed by atoms with E-state index in [0.717, 1.165) is 75.9 Å². The number of carboxylic acids is 1. The van der Waals surface area contributed by atoms with E-state index < -0.39 is 5.97 Å². The molecule has 2 aliphatic heterocycles. The van der Waals surface area contributed by atoms with Gasteiger partial charge in [-0.1, -0.05) is 18.2 Å². The predicted molar refractivity (Wildman–Crippen MR) is 205 cm³/mol. The van der Waals surface area contributed by atoms with Crippen molar-refractivity contribution in [3.63, 3.8) is 0 Å². The van der Waals surface area contributed by atoms with Crippen LogP contribution >= 0.6 is 0 Å². The number of aromatic carboxylic acids is 1. The first-order valence-electron chi connectivity index (χ1n) is 18.4.